The average molecular weight is 135 g/mol. The van der Waals surface area contributed by atoms with Gasteiger partial charge < -0.3 is 4.90 Å². The number of fused-ring (bicyclic) bond motifs is 1. The summed E-state index contributed by atoms with van der Waals surface area (Å²) in [5.41, 5.74) is 1.13. The van der Waals surface area contributed by atoms with Crippen LogP contribution in [0.2, 0.25) is 0 Å². The number of aromatic nitrogens is 2. The van der Waals surface area contributed by atoms with Gasteiger partial charge in [-0.05, 0) is 0 Å². The number of anilines is 1. The van der Waals surface area contributed by atoms with Gasteiger partial charge in [0.15, 0.2) is 0 Å². The van der Waals surface area contributed by atoms with Gasteiger partial charge in [0.1, 0.15) is 5.82 Å². The molecule has 3 nitrogen and oxygen atoms in total. The molecule has 0 bridgehead atoms. The zero-order chi connectivity index (χ0) is 6.97. The Balaban J connectivity index is 2.51. The second-order valence-corrected chi connectivity index (χ2v) is 2.50. The van der Waals surface area contributed by atoms with Crippen molar-refractivity contribution in [2.45, 2.75) is 6.42 Å². The number of likely N-dealkylation sites (N-methyl/N-ethyl adjacent to an activating group) is 1. The molecule has 2 rings (SSSR count). The second kappa shape index (κ2) is 1.94. The lowest BCUT2D eigenvalue weighted by Gasteiger charge is -2.07. The highest BCUT2D eigenvalue weighted by Crippen LogP contribution is 2.19. The van der Waals surface area contributed by atoms with Crippen LogP contribution in [0.3, 0.4) is 0 Å². The third-order valence-electron chi connectivity index (χ3n) is 1.80. The molecule has 10 heavy (non-hydrogen) atoms. The topological polar surface area (TPSA) is 29.0 Å². The summed E-state index contributed by atoms with van der Waals surface area (Å²) in [5.74, 6) is 1.04. The van der Waals surface area contributed by atoms with Gasteiger partial charge in [-0.25, -0.2) is 4.98 Å². The fraction of sp³-hybridized carbons (Fsp3) is 0.429. The van der Waals surface area contributed by atoms with Crippen LogP contribution in [0, 0.1) is 0 Å². The summed E-state index contributed by atoms with van der Waals surface area (Å²) in [6, 6.07) is 0. The van der Waals surface area contributed by atoms with Crippen molar-refractivity contribution in [1.29, 1.82) is 0 Å². The highest BCUT2D eigenvalue weighted by Gasteiger charge is 2.16. The second-order valence-electron chi connectivity index (χ2n) is 2.50. The van der Waals surface area contributed by atoms with Crippen molar-refractivity contribution in [3.05, 3.63) is 18.1 Å². The van der Waals surface area contributed by atoms with E-state index in [1.165, 1.54) is 0 Å². The molecule has 1 aliphatic rings. The van der Waals surface area contributed by atoms with Crippen LogP contribution < -0.4 is 4.90 Å². The zero-order valence-corrected chi connectivity index (χ0v) is 5.91. The SMILES string of the molecule is CN1CCc2nccnc21. The standard InChI is InChI=1S/C7H9N3/c1-10-5-2-6-7(10)9-4-3-8-6/h3-4H,2,5H2,1H3. The van der Waals surface area contributed by atoms with Gasteiger partial charge in [0.25, 0.3) is 0 Å². The molecule has 0 aliphatic carbocycles. The van der Waals surface area contributed by atoms with Crippen molar-refractivity contribution in [2.24, 2.45) is 0 Å². The summed E-state index contributed by atoms with van der Waals surface area (Å²) >= 11 is 0. The van der Waals surface area contributed by atoms with E-state index in [-0.39, 0.29) is 0 Å². The first-order valence-corrected chi connectivity index (χ1v) is 3.39. The van der Waals surface area contributed by atoms with E-state index in [0.717, 1.165) is 24.5 Å². The Morgan fingerprint density at radius 3 is 3.00 bits per heavy atom. The fourth-order valence-electron chi connectivity index (χ4n) is 1.23. The first kappa shape index (κ1) is 5.65. The molecule has 0 N–H and O–H groups in total. The van der Waals surface area contributed by atoms with E-state index < -0.39 is 0 Å². The zero-order valence-electron chi connectivity index (χ0n) is 5.91. The van der Waals surface area contributed by atoms with E-state index in [0.29, 0.717) is 0 Å². The molecule has 1 aromatic rings. The molecular weight excluding hydrogens is 126 g/mol. The fourth-order valence-corrected chi connectivity index (χ4v) is 1.23. The number of rotatable bonds is 0. The molecule has 0 aromatic carbocycles. The Kier molecular flexibility index (Phi) is 1.09. The van der Waals surface area contributed by atoms with Crippen LogP contribution in [0.15, 0.2) is 12.4 Å². The van der Waals surface area contributed by atoms with E-state index in [2.05, 4.69) is 14.9 Å². The van der Waals surface area contributed by atoms with Crippen molar-refractivity contribution >= 4 is 5.82 Å². The van der Waals surface area contributed by atoms with Crippen molar-refractivity contribution < 1.29 is 0 Å². The maximum atomic E-state index is 4.21. The smallest absolute Gasteiger partial charge is 0.150 e. The molecule has 0 radical (unpaired) electrons. The molecule has 1 aliphatic heterocycles. The minimum atomic E-state index is 1.04. The number of nitrogens with zero attached hydrogens (tertiary/aromatic N) is 3. The summed E-state index contributed by atoms with van der Waals surface area (Å²) in [7, 11) is 2.04. The maximum absolute atomic E-state index is 4.21. The van der Waals surface area contributed by atoms with Crippen molar-refractivity contribution in [3.63, 3.8) is 0 Å². The van der Waals surface area contributed by atoms with Gasteiger partial charge in [0, 0.05) is 32.4 Å². The maximum Gasteiger partial charge on any atom is 0.150 e. The van der Waals surface area contributed by atoms with Crippen LogP contribution in [-0.4, -0.2) is 23.6 Å². The van der Waals surface area contributed by atoms with Crippen molar-refractivity contribution in [3.8, 4) is 0 Å². The summed E-state index contributed by atoms with van der Waals surface area (Å²) < 4.78 is 0. The predicted octanol–water partition coefficient (Wildman–Crippen LogP) is 0.469. The van der Waals surface area contributed by atoms with Gasteiger partial charge >= 0.3 is 0 Å². The predicted molar refractivity (Wildman–Crippen MR) is 39.0 cm³/mol. The quantitative estimate of drug-likeness (QED) is 0.517. The minimum absolute atomic E-state index is 1.04. The van der Waals surface area contributed by atoms with Gasteiger partial charge in [0.2, 0.25) is 0 Å². The molecule has 0 saturated heterocycles. The lowest BCUT2D eigenvalue weighted by atomic mass is 10.4. The van der Waals surface area contributed by atoms with E-state index in [1.54, 1.807) is 12.4 Å². The molecule has 1 aromatic heterocycles. The molecule has 3 heteroatoms. The Morgan fingerprint density at radius 1 is 1.40 bits per heavy atom. The number of hydrogen-bond donors (Lipinski definition) is 0. The Labute approximate surface area is 59.7 Å². The summed E-state index contributed by atoms with van der Waals surface area (Å²) in [6.45, 7) is 1.05. The van der Waals surface area contributed by atoms with Crippen LogP contribution in [0.25, 0.3) is 0 Å². The summed E-state index contributed by atoms with van der Waals surface area (Å²) in [4.78, 5) is 10.5. The van der Waals surface area contributed by atoms with E-state index in [1.807, 2.05) is 7.05 Å². The molecule has 0 unspecified atom stereocenters. The van der Waals surface area contributed by atoms with E-state index in [4.69, 9.17) is 0 Å². The van der Waals surface area contributed by atoms with E-state index >= 15 is 0 Å². The molecular formula is C7H9N3. The first-order valence-electron chi connectivity index (χ1n) is 3.39. The molecule has 0 spiro atoms. The third kappa shape index (κ3) is 0.667. The van der Waals surface area contributed by atoms with Gasteiger partial charge in [-0.2, -0.15) is 0 Å². The van der Waals surface area contributed by atoms with Crippen LogP contribution in [0.5, 0.6) is 0 Å². The van der Waals surface area contributed by atoms with Crippen LogP contribution >= 0.6 is 0 Å². The minimum Gasteiger partial charge on any atom is -0.358 e. The first-order chi connectivity index (χ1) is 4.88. The van der Waals surface area contributed by atoms with Gasteiger partial charge in [-0.3, -0.25) is 4.98 Å². The summed E-state index contributed by atoms with van der Waals surface area (Å²) in [6.07, 6.45) is 4.53. The van der Waals surface area contributed by atoms with E-state index in [9.17, 15) is 0 Å². The molecule has 0 atom stereocenters. The Bertz CT molecular complexity index is 246. The average Bonchev–Trinajstić information content (AvgIpc) is 2.34. The lowest BCUT2D eigenvalue weighted by Crippen LogP contribution is -2.13. The monoisotopic (exact) mass is 135 g/mol. The molecule has 0 fully saturated rings. The Morgan fingerprint density at radius 2 is 2.20 bits per heavy atom. The molecule has 2 heterocycles. The number of hydrogen-bond acceptors (Lipinski definition) is 3. The van der Waals surface area contributed by atoms with Gasteiger partial charge in [0.05, 0.1) is 5.69 Å². The highest BCUT2D eigenvalue weighted by atomic mass is 15.2. The van der Waals surface area contributed by atoms with Crippen molar-refractivity contribution in [1.82, 2.24) is 9.97 Å². The molecule has 0 amide bonds. The van der Waals surface area contributed by atoms with Gasteiger partial charge in [-0.1, -0.05) is 0 Å². The summed E-state index contributed by atoms with van der Waals surface area (Å²) in [5, 5.41) is 0. The van der Waals surface area contributed by atoms with Crippen LogP contribution in [0.4, 0.5) is 5.82 Å². The van der Waals surface area contributed by atoms with Gasteiger partial charge in [-0.15, -0.1) is 0 Å². The lowest BCUT2D eigenvalue weighted by molar-refractivity contribution is 0.939. The molecule has 0 saturated carbocycles. The Hall–Kier alpha value is -1.12. The third-order valence-corrected chi connectivity index (χ3v) is 1.80. The normalized spacial score (nSPS) is 15.5. The highest BCUT2D eigenvalue weighted by molar-refractivity contribution is 5.46. The molecule has 52 valence electrons. The largest absolute Gasteiger partial charge is 0.358 e. The van der Waals surface area contributed by atoms with Crippen LogP contribution in [0.1, 0.15) is 5.69 Å². The van der Waals surface area contributed by atoms with Crippen molar-refractivity contribution in [2.75, 3.05) is 18.5 Å². The van der Waals surface area contributed by atoms with Crippen LogP contribution in [-0.2, 0) is 6.42 Å².